The van der Waals surface area contributed by atoms with Crippen molar-refractivity contribution in [2.24, 2.45) is 0 Å². The summed E-state index contributed by atoms with van der Waals surface area (Å²) in [6.45, 7) is 5.16. The average Bonchev–Trinajstić information content (AvgIpc) is 2.96. The van der Waals surface area contributed by atoms with Gasteiger partial charge in [-0.2, -0.15) is 0 Å². The maximum atomic E-state index is 13.0. The topological polar surface area (TPSA) is 22.0 Å². The summed E-state index contributed by atoms with van der Waals surface area (Å²) in [6, 6.07) is 22.3. The number of carbonyl (C=O) groups is 1. The van der Waals surface area contributed by atoms with Crippen LogP contribution in [0.2, 0.25) is 0 Å². The van der Waals surface area contributed by atoms with Gasteiger partial charge in [-0.05, 0) is 43.2 Å². The molecule has 0 aliphatic rings. The molecule has 0 saturated heterocycles. The van der Waals surface area contributed by atoms with Gasteiger partial charge in [-0.3, -0.25) is 4.79 Å². The number of hydrogen-bond acceptors (Lipinski definition) is 1. The number of para-hydroxylation sites is 1. The molecule has 3 aromatic carbocycles. The van der Waals surface area contributed by atoms with Crippen LogP contribution in [0.3, 0.4) is 0 Å². The molecule has 1 aromatic heterocycles. The number of carbonyl (C=O) groups excluding carboxylic acids is 1. The lowest BCUT2D eigenvalue weighted by molar-refractivity contribution is 0.103. The van der Waals surface area contributed by atoms with Crippen molar-refractivity contribution < 1.29 is 4.79 Å². The van der Waals surface area contributed by atoms with Crippen LogP contribution in [0.5, 0.6) is 0 Å². The molecule has 4 aromatic rings. The SMILES string of the molecule is CCCn1c2ccccc2c2cc(C(=O)c3ccccc3C)ccc21. The zero-order valence-corrected chi connectivity index (χ0v) is 14.6. The van der Waals surface area contributed by atoms with Crippen molar-refractivity contribution >= 4 is 27.6 Å². The maximum absolute atomic E-state index is 13.0. The van der Waals surface area contributed by atoms with Crippen LogP contribution in [0.15, 0.2) is 66.7 Å². The van der Waals surface area contributed by atoms with Gasteiger partial charge in [0, 0.05) is 39.5 Å². The molecule has 2 nitrogen and oxygen atoms in total. The molecule has 25 heavy (non-hydrogen) atoms. The van der Waals surface area contributed by atoms with Crippen molar-refractivity contribution in [1.29, 1.82) is 0 Å². The molecule has 0 unspecified atom stereocenters. The number of ketones is 1. The van der Waals surface area contributed by atoms with Crippen LogP contribution in [-0.2, 0) is 6.54 Å². The minimum atomic E-state index is 0.0901. The van der Waals surface area contributed by atoms with Crippen LogP contribution in [0.1, 0.15) is 34.8 Å². The second-order valence-electron chi connectivity index (χ2n) is 6.54. The largest absolute Gasteiger partial charge is 0.340 e. The Morgan fingerprint density at radius 1 is 0.880 bits per heavy atom. The Morgan fingerprint density at radius 3 is 2.40 bits per heavy atom. The van der Waals surface area contributed by atoms with Crippen LogP contribution in [0.4, 0.5) is 0 Å². The molecule has 0 amide bonds. The maximum Gasteiger partial charge on any atom is 0.193 e. The zero-order chi connectivity index (χ0) is 17.4. The van der Waals surface area contributed by atoms with E-state index in [9.17, 15) is 4.79 Å². The van der Waals surface area contributed by atoms with Crippen molar-refractivity contribution in [2.75, 3.05) is 0 Å². The van der Waals surface area contributed by atoms with E-state index in [1.807, 2.05) is 37.3 Å². The summed E-state index contributed by atoms with van der Waals surface area (Å²) in [5.41, 5.74) is 4.98. The van der Waals surface area contributed by atoms with Gasteiger partial charge in [0.1, 0.15) is 0 Å². The van der Waals surface area contributed by atoms with Crippen molar-refractivity contribution in [3.63, 3.8) is 0 Å². The van der Waals surface area contributed by atoms with Crippen LogP contribution in [0.25, 0.3) is 21.8 Å². The fourth-order valence-electron chi connectivity index (χ4n) is 3.64. The first-order valence-electron chi connectivity index (χ1n) is 8.82. The highest BCUT2D eigenvalue weighted by molar-refractivity contribution is 6.15. The third-order valence-electron chi connectivity index (χ3n) is 4.87. The summed E-state index contributed by atoms with van der Waals surface area (Å²) >= 11 is 0. The van der Waals surface area contributed by atoms with Gasteiger partial charge < -0.3 is 4.57 Å². The predicted molar refractivity (Wildman–Crippen MR) is 104 cm³/mol. The van der Waals surface area contributed by atoms with E-state index < -0.39 is 0 Å². The van der Waals surface area contributed by atoms with Gasteiger partial charge in [-0.25, -0.2) is 0 Å². The number of nitrogens with zero attached hydrogens (tertiary/aromatic N) is 1. The molecule has 124 valence electrons. The normalized spacial score (nSPS) is 11.3. The Kier molecular flexibility index (Phi) is 3.89. The van der Waals surface area contributed by atoms with Crippen LogP contribution >= 0.6 is 0 Å². The smallest absolute Gasteiger partial charge is 0.193 e. The molecule has 0 aliphatic carbocycles. The summed E-state index contributed by atoms with van der Waals surface area (Å²) in [4.78, 5) is 13.0. The highest BCUT2D eigenvalue weighted by Crippen LogP contribution is 2.30. The third-order valence-corrected chi connectivity index (χ3v) is 4.87. The highest BCUT2D eigenvalue weighted by Gasteiger charge is 2.15. The lowest BCUT2D eigenvalue weighted by atomic mass is 9.98. The summed E-state index contributed by atoms with van der Waals surface area (Å²) in [7, 11) is 0. The molecule has 0 bridgehead atoms. The lowest BCUT2D eigenvalue weighted by Gasteiger charge is -2.07. The van der Waals surface area contributed by atoms with E-state index in [-0.39, 0.29) is 5.78 Å². The first-order chi connectivity index (χ1) is 12.2. The minimum absolute atomic E-state index is 0.0901. The Balaban J connectivity index is 1.93. The Hall–Kier alpha value is -2.87. The molecule has 1 heterocycles. The third kappa shape index (κ3) is 2.54. The van der Waals surface area contributed by atoms with E-state index in [2.05, 4.69) is 47.9 Å². The van der Waals surface area contributed by atoms with E-state index in [1.165, 1.54) is 16.4 Å². The molecular weight excluding hydrogens is 306 g/mol. The van der Waals surface area contributed by atoms with Crippen LogP contribution < -0.4 is 0 Å². The molecule has 0 atom stereocenters. The van der Waals surface area contributed by atoms with Gasteiger partial charge in [0.25, 0.3) is 0 Å². The average molecular weight is 327 g/mol. The second-order valence-corrected chi connectivity index (χ2v) is 6.54. The van der Waals surface area contributed by atoms with Gasteiger partial charge in [0.05, 0.1) is 0 Å². The Morgan fingerprint density at radius 2 is 1.60 bits per heavy atom. The molecule has 0 aliphatic heterocycles. The van der Waals surface area contributed by atoms with E-state index in [1.54, 1.807) is 0 Å². The molecule has 0 N–H and O–H groups in total. The first-order valence-corrected chi connectivity index (χ1v) is 8.82. The minimum Gasteiger partial charge on any atom is -0.340 e. The quantitative estimate of drug-likeness (QED) is 0.438. The van der Waals surface area contributed by atoms with Crippen molar-refractivity contribution in [3.8, 4) is 0 Å². The highest BCUT2D eigenvalue weighted by atomic mass is 16.1. The number of aromatic nitrogens is 1. The zero-order valence-electron chi connectivity index (χ0n) is 14.6. The summed E-state index contributed by atoms with van der Waals surface area (Å²) in [5, 5.41) is 2.37. The van der Waals surface area contributed by atoms with Gasteiger partial charge in [0.2, 0.25) is 0 Å². The first kappa shape index (κ1) is 15.6. The molecule has 0 spiro atoms. The van der Waals surface area contributed by atoms with Crippen molar-refractivity contribution in [1.82, 2.24) is 4.57 Å². The lowest BCUT2D eigenvalue weighted by Crippen LogP contribution is -2.03. The number of rotatable bonds is 4. The van der Waals surface area contributed by atoms with Crippen molar-refractivity contribution in [2.45, 2.75) is 26.8 Å². The van der Waals surface area contributed by atoms with Crippen LogP contribution in [0, 0.1) is 6.92 Å². The molecule has 0 fully saturated rings. The standard InChI is InChI=1S/C23H21NO/c1-3-14-24-21-11-7-6-10-19(21)20-15-17(12-13-22(20)24)23(25)18-9-5-4-8-16(18)2/h4-13,15H,3,14H2,1-2H3. The predicted octanol–water partition coefficient (Wildman–Crippen LogP) is 5.74. The van der Waals surface area contributed by atoms with Gasteiger partial charge in [0.15, 0.2) is 5.78 Å². The fraction of sp³-hybridized carbons (Fsp3) is 0.174. The number of hydrogen-bond donors (Lipinski definition) is 0. The second kappa shape index (κ2) is 6.21. The van der Waals surface area contributed by atoms with Crippen molar-refractivity contribution in [3.05, 3.63) is 83.4 Å². The Labute approximate surface area is 147 Å². The van der Waals surface area contributed by atoms with E-state index in [0.717, 1.165) is 35.0 Å². The van der Waals surface area contributed by atoms with Gasteiger partial charge in [-0.15, -0.1) is 0 Å². The molecular formula is C23H21NO. The van der Waals surface area contributed by atoms with E-state index >= 15 is 0 Å². The summed E-state index contributed by atoms with van der Waals surface area (Å²) in [6.07, 6.45) is 1.08. The summed E-state index contributed by atoms with van der Waals surface area (Å²) < 4.78 is 2.35. The number of fused-ring (bicyclic) bond motifs is 3. The van der Waals surface area contributed by atoms with E-state index in [4.69, 9.17) is 0 Å². The van der Waals surface area contributed by atoms with Gasteiger partial charge in [-0.1, -0.05) is 49.4 Å². The number of aryl methyl sites for hydroxylation is 2. The van der Waals surface area contributed by atoms with Crippen LogP contribution in [-0.4, -0.2) is 10.4 Å². The van der Waals surface area contributed by atoms with Gasteiger partial charge >= 0.3 is 0 Å². The molecule has 0 saturated carbocycles. The molecule has 2 heteroatoms. The molecule has 4 rings (SSSR count). The molecule has 0 radical (unpaired) electrons. The summed E-state index contributed by atoms with van der Waals surface area (Å²) in [5.74, 6) is 0.0901. The van der Waals surface area contributed by atoms with E-state index in [0.29, 0.717) is 0 Å². The number of benzene rings is 3. The Bertz CT molecular complexity index is 1090. The fourth-order valence-corrected chi connectivity index (χ4v) is 3.64. The monoisotopic (exact) mass is 327 g/mol.